The largest absolute Gasteiger partial charge is 0.490 e. The van der Waals surface area contributed by atoms with Gasteiger partial charge in [0, 0.05) is 50.4 Å². The summed E-state index contributed by atoms with van der Waals surface area (Å²) in [5, 5.41) is 7.12. The average molecular weight is 426 g/mol. The Morgan fingerprint density at radius 3 is 2.43 bits per heavy atom. The lowest BCUT2D eigenvalue weighted by Crippen LogP contribution is -2.25. The molecule has 0 spiro atoms. The van der Waals surface area contributed by atoms with Gasteiger partial charge < -0.3 is 14.4 Å². The molecular formula is C20H25F3N4O3. The fourth-order valence-corrected chi connectivity index (χ4v) is 3.67. The molecule has 10 heteroatoms. The van der Waals surface area contributed by atoms with Gasteiger partial charge in [0.25, 0.3) is 0 Å². The minimum Gasteiger partial charge on any atom is -0.475 e. The Bertz CT molecular complexity index is 850. The molecule has 2 aliphatic rings. The van der Waals surface area contributed by atoms with Crippen molar-refractivity contribution in [1.29, 1.82) is 0 Å². The van der Waals surface area contributed by atoms with E-state index in [1.54, 1.807) is 6.26 Å². The number of hydrogen-bond donors (Lipinski definition) is 1. The molecule has 0 radical (unpaired) electrons. The topological polar surface area (TPSA) is 82.7 Å². The van der Waals surface area contributed by atoms with Gasteiger partial charge in [-0.3, -0.25) is 4.90 Å². The molecule has 2 aromatic rings. The normalized spacial score (nSPS) is 17.1. The van der Waals surface area contributed by atoms with Crippen LogP contribution in [0.3, 0.4) is 0 Å². The van der Waals surface area contributed by atoms with Gasteiger partial charge in [-0.15, -0.1) is 0 Å². The first-order valence-electron chi connectivity index (χ1n) is 9.89. The number of hydrogen-bond acceptors (Lipinski definition) is 6. The maximum absolute atomic E-state index is 10.6. The van der Waals surface area contributed by atoms with Crippen LogP contribution in [0.2, 0.25) is 0 Å². The molecule has 0 aromatic carbocycles. The molecule has 0 amide bonds. The molecule has 164 valence electrons. The Kier molecular flexibility index (Phi) is 6.96. The molecule has 0 saturated carbocycles. The number of furan rings is 1. The maximum atomic E-state index is 10.6. The molecule has 2 aliphatic heterocycles. The van der Waals surface area contributed by atoms with Crippen molar-refractivity contribution in [2.24, 2.45) is 0 Å². The molecular weight excluding hydrogens is 401 g/mol. The van der Waals surface area contributed by atoms with Gasteiger partial charge in [0.15, 0.2) is 0 Å². The van der Waals surface area contributed by atoms with Crippen molar-refractivity contribution < 1.29 is 27.5 Å². The van der Waals surface area contributed by atoms with Crippen molar-refractivity contribution in [1.82, 2.24) is 14.9 Å². The molecule has 2 aromatic heterocycles. The van der Waals surface area contributed by atoms with E-state index in [1.165, 1.54) is 35.4 Å². The van der Waals surface area contributed by atoms with E-state index >= 15 is 0 Å². The highest BCUT2D eigenvalue weighted by Gasteiger charge is 2.38. The van der Waals surface area contributed by atoms with E-state index in [-0.39, 0.29) is 0 Å². The zero-order chi connectivity index (χ0) is 21.7. The second-order valence-corrected chi connectivity index (χ2v) is 7.44. The zero-order valence-corrected chi connectivity index (χ0v) is 16.8. The number of carboxylic acids is 1. The Balaban J connectivity index is 0.000000318. The van der Waals surface area contributed by atoms with Gasteiger partial charge in [-0.1, -0.05) is 0 Å². The molecule has 0 unspecified atom stereocenters. The summed E-state index contributed by atoms with van der Waals surface area (Å²) in [4.78, 5) is 23.4. The van der Waals surface area contributed by atoms with Gasteiger partial charge in [0.1, 0.15) is 0 Å². The van der Waals surface area contributed by atoms with Crippen LogP contribution in [-0.2, 0) is 24.2 Å². The number of anilines is 1. The zero-order valence-electron chi connectivity index (χ0n) is 16.8. The average Bonchev–Trinajstić information content (AvgIpc) is 3.35. The lowest BCUT2D eigenvalue weighted by molar-refractivity contribution is -0.192. The Labute approximate surface area is 172 Å². The highest BCUT2D eigenvalue weighted by Crippen LogP contribution is 2.23. The van der Waals surface area contributed by atoms with E-state index in [9.17, 15) is 13.2 Å². The summed E-state index contributed by atoms with van der Waals surface area (Å²) in [6.45, 7) is 7.41. The minimum atomic E-state index is -5.08. The number of fused-ring (bicyclic) bond motifs is 1. The Morgan fingerprint density at radius 1 is 1.17 bits per heavy atom. The standard InChI is InChI=1S/C18H24N4O.C2HF3O2/c1-14-16-4-9-21(12-15-6-11-23-13-15)10-5-17(16)20-18(19-14)22-7-2-3-8-22;3-2(4,5)1(6)7/h6,11,13H,2-5,7-10,12H2,1H3;(H,6,7). The third-order valence-corrected chi connectivity index (χ3v) is 5.25. The second kappa shape index (κ2) is 9.46. The fourth-order valence-electron chi connectivity index (χ4n) is 3.67. The van der Waals surface area contributed by atoms with Crippen molar-refractivity contribution in [2.45, 2.75) is 45.3 Å². The lowest BCUT2D eigenvalue weighted by Gasteiger charge is -2.18. The third kappa shape index (κ3) is 5.71. The van der Waals surface area contributed by atoms with Crippen molar-refractivity contribution >= 4 is 11.9 Å². The maximum Gasteiger partial charge on any atom is 0.490 e. The highest BCUT2D eigenvalue weighted by molar-refractivity contribution is 5.73. The number of halogens is 3. The van der Waals surface area contributed by atoms with Crippen molar-refractivity contribution in [3.05, 3.63) is 41.1 Å². The summed E-state index contributed by atoms with van der Waals surface area (Å²) in [7, 11) is 0. The molecule has 4 heterocycles. The summed E-state index contributed by atoms with van der Waals surface area (Å²) in [5.41, 5.74) is 5.04. The molecule has 0 atom stereocenters. The quantitative estimate of drug-likeness (QED) is 0.807. The number of carboxylic acid groups (broad SMARTS) is 1. The first-order valence-corrected chi connectivity index (χ1v) is 9.89. The number of carbonyl (C=O) groups is 1. The highest BCUT2D eigenvalue weighted by atomic mass is 19.4. The smallest absolute Gasteiger partial charge is 0.475 e. The van der Waals surface area contributed by atoms with Crippen LogP contribution in [0.15, 0.2) is 23.0 Å². The predicted octanol–water partition coefficient (Wildman–Crippen LogP) is 3.21. The van der Waals surface area contributed by atoms with Crippen LogP contribution in [0.5, 0.6) is 0 Å². The summed E-state index contributed by atoms with van der Waals surface area (Å²) in [5.74, 6) is -1.81. The predicted molar refractivity (Wildman–Crippen MR) is 103 cm³/mol. The summed E-state index contributed by atoms with van der Waals surface area (Å²) in [6.07, 6.45) is 3.08. The number of rotatable bonds is 3. The summed E-state index contributed by atoms with van der Waals surface area (Å²) in [6, 6.07) is 2.05. The van der Waals surface area contributed by atoms with Gasteiger partial charge in [-0.2, -0.15) is 13.2 Å². The first-order chi connectivity index (χ1) is 14.2. The van der Waals surface area contributed by atoms with Gasteiger partial charge in [0.05, 0.1) is 18.2 Å². The molecule has 1 fully saturated rings. The third-order valence-electron chi connectivity index (χ3n) is 5.25. The van der Waals surface area contributed by atoms with Gasteiger partial charge in [0.2, 0.25) is 5.95 Å². The monoisotopic (exact) mass is 426 g/mol. The van der Waals surface area contributed by atoms with Crippen molar-refractivity contribution in [3.63, 3.8) is 0 Å². The van der Waals surface area contributed by atoms with Crippen molar-refractivity contribution in [3.8, 4) is 0 Å². The van der Waals surface area contributed by atoms with Crippen LogP contribution < -0.4 is 4.90 Å². The van der Waals surface area contributed by atoms with Gasteiger partial charge >= 0.3 is 12.1 Å². The summed E-state index contributed by atoms with van der Waals surface area (Å²) >= 11 is 0. The van der Waals surface area contributed by atoms with E-state index in [1.807, 2.05) is 6.26 Å². The van der Waals surface area contributed by atoms with Gasteiger partial charge in [-0.05, 0) is 37.8 Å². The first kappa shape index (κ1) is 22.1. The molecule has 7 nitrogen and oxygen atoms in total. The lowest BCUT2D eigenvalue weighted by atomic mass is 10.1. The van der Waals surface area contributed by atoms with E-state index < -0.39 is 12.1 Å². The molecule has 1 saturated heterocycles. The second-order valence-electron chi connectivity index (χ2n) is 7.44. The Morgan fingerprint density at radius 2 is 1.83 bits per heavy atom. The van der Waals surface area contributed by atoms with Crippen LogP contribution >= 0.6 is 0 Å². The van der Waals surface area contributed by atoms with E-state index in [4.69, 9.17) is 24.3 Å². The molecule has 4 rings (SSSR count). The Hall–Kier alpha value is -2.62. The van der Waals surface area contributed by atoms with E-state index in [0.29, 0.717) is 0 Å². The van der Waals surface area contributed by atoms with Crippen LogP contribution in [0.4, 0.5) is 19.1 Å². The number of aliphatic carboxylic acids is 1. The van der Waals surface area contributed by atoms with E-state index in [2.05, 4.69) is 22.8 Å². The van der Waals surface area contributed by atoms with Crippen LogP contribution in [0.25, 0.3) is 0 Å². The van der Waals surface area contributed by atoms with Crippen LogP contribution in [0.1, 0.15) is 35.4 Å². The number of nitrogens with zero attached hydrogens (tertiary/aromatic N) is 4. The van der Waals surface area contributed by atoms with Crippen LogP contribution in [0, 0.1) is 6.92 Å². The SMILES string of the molecule is Cc1nc(N2CCCC2)nc2c1CCN(Cc1ccoc1)CC2.O=C(O)C(F)(F)F. The number of alkyl halides is 3. The number of aromatic nitrogens is 2. The van der Waals surface area contributed by atoms with Crippen molar-refractivity contribution in [2.75, 3.05) is 31.1 Å². The minimum absolute atomic E-state index is 0.946. The fraction of sp³-hybridized carbons (Fsp3) is 0.550. The molecule has 0 bridgehead atoms. The van der Waals surface area contributed by atoms with E-state index in [0.717, 1.165) is 51.5 Å². The van der Waals surface area contributed by atoms with Gasteiger partial charge in [-0.25, -0.2) is 14.8 Å². The summed E-state index contributed by atoms with van der Waals surface area (Å²) < 4.78 is 36.9. The molecule has 30 heavy (non-hydrogen) atoms. The van der Waals surface area contributed by atoms with Crippen LogP contribution in [-0.4, -0.2) is 58.3 Å². The molecule has 0 aliphatic carbocycles. The molecule has 1 N–H and O–H groups in total. The number of aryl methyl sites for hydroxylation is 1.